The molecule has 1 aliphatic heterocycles. The van der Waals surface area contributed by atoms with Gasteiger partial charge in [-0.05, 0) is 36.6 Å². The minimum Gasteiger partial charge on any atom is -0.338 e. The lowest BCUT2D eigenvalue weighted by Gasteiger charge is -2.30. The Morgan fingerprint density at radius 3 is 2.79 bits per heavy atom. The van der Waals surface area contributed by atoms with Gasteiger partial charge in [-0.3, -0.25) is 4.79 Å². The van der Waals surface area contributed by atoms with Crippen molar-refractivity contribution in [2.24, 2.45) is 5.73 Å². The molecule has 106 valence electrons. The van der Waals surface area contributed by atoms with Crippen LogP contribution in [0.4, 0.5) is 0 Å². The average molecular weight is 324 g/mol. The second-order valence-electron chi connectivity index (χ2n) is 4.77. The van der Waals surface area contributed by atoms with E-state index in [1.54, 1.807) is 6.07 Å². The molecule has 19 heavy (non-hydrogen) atoms. The van der Waals surface area contributed by atoms with Gasteiger partial charge in [-0.1, -0.05) is 23.2 Å². The average Bonchev–Trinajstić information content (AvgIpc) is 2.27. The number of rotatable bonds is 2. The van der Waals surface area contributed by atoms with E-state index in [4.69, 9.17) is 28.9 Å². The van der Waals surface area contributed by atoms with Gasteiger partial charge in [-0.25, -0.2) is 0 Å². The van der Waals surface area contributed by atoms with Crippen molar-refractivity contribution in [3.63, 3.8) is 0 Å². The lowest BCUT2D eigenvalue weighted by Crippen LogP contribution is -2.38. The molecule has 0 bridgehead atoms. The van der Waals surface area contributed by atoms with Crippen LogP contribution in [0.5, 0.6) is 0 Å². The van der Waals surface area contributed by atoms with Gasteiger partial charge in [0, 0.05) is 35.6 Å². The highest BCUT2D eigenvalue weighted by Gasteiger charge is 2.23. The summed E-state index contributed by atoms with van der Waals surface area (Å²) in [4.78, 5) is 13.8. The molecule has 1 atom stereocenters. The summed E-state index contributed by atoms with van der Waals surface area (Å²) >= 11 is 12.1. The fraction of sp³-hybridized carbons (Fsp3) is 0.462. The molecule has 0 saturated heterocycles. The predicted octanol–water partition coefficient (Wildman–Crippen LogP) is 3.04. The Morgan fingerprint density at radius 2 is 2.16 bits per heavy atom. The van der Waals surface area contributed by atoms with E-state index in [1.165, 1.54) is 0 Å². The molecule has 1 unspecified atom stereocenters. The van der Waals surface area contributed by atoms with Crippen molar-refractivity contribution in [2.45, 2.75) is 32.4 Å². The topological polar surface area (TPSA) is 46.3 Å². The summed E-state index contributed by atoms with van der Waals surface area (Å²) in [5.74, 6) is 0.0849. The summed E-state index contributed by atoms with van der Waals surface area (Å²) in [5, 5.41) is 1.28. The van der Waals surface area contributed by atoms with Gasteiger partial charge < -0.3 is 10.6 Å². The zero-order chi connectivity index (χ0) is 13.3. The van der Waals surface area contributed by atoms with Crippen molar-refractivity contribution in [2.75, 3.05) is 6.54 Å². The standard InChI is InChI=1S/C13H16Cl2N2O.ClH/c1-8(16)4-13(18)17-3-2-9-5-10(14)6-12(15)11(9)7-17;/h5-6,8H,2-4,7,16H2,1H3;1H. The molecule has 1 heterocycles. The predicted molar refractivity (Wildman–Crippen MR) is 81.1 cm³/mol. The van der Waals surface area contributed by atoms with E-state index < -0.39 is 0 Å². The maximum atomic E-state index is 12.0. The number of amides is 1. The van der Waals surface area contributed by atoms with Crippen LogP contribution in [0.15, 0.2) is 12.1 Å². The molecule has 2 N–H and O–H groups in total. The minimum atomic E-state index is -0.111. The van der Waals surface area contributed by atoms with E-state index in [9.17, 15) is 4.79 Å². The molecule has 1 aromatic carbocycles. The Balaban J connectivity index is 0.00000180. The summed E-state index contributed by atoms with van der Waals surface area (Å²) in [7, 11) is 0. The van der Waals surface area contributed by atoms with Gasteiger partial charge in [0.1, 0.15) is 0 Å². The molecular formula is C13H17Cl3N2O. The largest absolute Gasteiger partial charge is 0.338 e. The molecule has 1 amide bonds. The molecule has 3 nitrogen and oxygen atoms in total. The van der Waals surface area contributed by atoms with Gasteiger partial charge in [0.25, 0.3) is 0 Å². The van der Waals surface area contributed by atoms with E-state index in [0.29, 0.717) is 29.6 Å². The molecule has 6 heteroatoms. The third-order valence-electron chi connectivity index (χ3n) is 3.10. The lowest BCUT2D eigenvalue weighted by atomic mass is 9.99. The number of nitrogens with zero attached hydrogens (tertiary/aromatic N) is 1. The zero-order valence-corrected chi connectivity index (χ0v) is 13.0. The fourth-order valence-electron chi connectivity index (χ4n) is 2.20. The molecule has 1 aromatic rings. The highest BCUT2D eigenvalue weighted by atomic mass is 35.5. The number of hydrogen-bond acceptors (Lipinski definition) is 2. The van der Waals surface area contributed by atoms with Gasteiger partial charge in [0.2, 0.25) is 5.91 Å². The Labute approximate surface area is 129 Å². The molecular weight excluding hydrogens is 307 g/mol. The quantitative estimate of drug-likeness (QED) is 0.909. The highest BCUT2D eigenvalue weighted by molar-refractivity contribution is 6.35. The number of halogens is 3. The molecule has 0 saturated carbocycles. The summed E-state index contributed by atoms with van der Waals surface area (Å²) in [6.45, 7) is 3.09. The smallest absolute Gasteiger partial charge is 0.224 e. The maximum absolute atomic E-state index is 12.0. The van der Waals surface area contributed by atoms with E-state index >= 15 is 0 Å². The second kappa shape index (κ2) is 6.80. The van der Waals surface area contributed by atoms with Gasteiger partial charge in [0.05, 0.1) is 0 Å². The van der Waals surface area contributed by atoms with Crippen LogP contribution >= 0.6 is 35.6 Å². The Bertz CT molecular complexity index is 477. The first kappa shape index (κ1) is 16.6. The summed E-state index contributed by atoms with van der Waals surface area (Å²) in [5.41, 5.74) is 7.79. The maximum Gasteiger partial charge on any atom is 0.224 e. The summed E-state index contributed by atoms with van der Waals surface area (Å²) < 4.78 is 0. The van der Waals surface area contributed by atoms with Crippen LogP contribution in [0.1, 0.15) is 24.5 Å². The van der Waals surface area contributed by atoms with Crippen LogP contribution in [-0.2, 0) is 17.8 Å². The molecule has 0 aliphatic carbocycles. The minimum absolute atomic E-state index is 0. The van der Waals surface area contributed by atoms with Crippen LogP contribution in [-0.4, -0.2) is 23.4 Å². The van der Waals surface area contributed by atoms with E-state index in [1.807, 2.05) is 17.9 Å². The van der Waals surface area contributed by atoms with Crippen molar-refractivity contribution in [1.29, 1.82) is 0 Å². The van der Waals surface area contributed by atoms with Gasteiger partial charge in [-0.2, -0.15) is 0 Å². The number of nitrogens with two attached hydrogens (primary N) is 1. The Kier molecular flexibility index (Phi) is 5.93. The molecule has 0 aromatic heterocycles. The van der Waals surface area contributed by atoms with Crippen LogP contribution < -0.4 is 5.73 Å². The van der Waals surface area contributed by atoms with Gasteiger partial charge in [0.15, 0.2) is 0 Å². The van der Waals surface area contributed by atoms with Crippen LogP contribution in [0.3, 0.4) is 0 Å². The van der Waals surface area contributed by atoms with Crippen molar-refractivity contribution in [1.82, 2.24) is 4.90 Å². The lowest BCUT2D eigenvalue weighted by molar-refractivity contribution is -0.132. The normalized spacial score (nSPS) is 15.5. The Hall–Kier alpha value is -0.480. The molecule has 2 rings (SSSR count). The highest BCUT2D eigenvalue weighted by Crippen LogP contribution is 2.30. The van der Waals surface area contributed by atoms with Crippen LogP contribution in [0.2, 0.25) is 10.0 Å². The third-order valence-corrected chi connectivity index (χ3v) is 3.66. The molecule has 0 radical (unpaired) electrons. The van der Waals surface area contributed by atoms with E-state index in [-0.39, 0.29) is 24.4 Å². The summed E-state index contributed by atoms with van der Waals surface area (Å²) in [6.07, 6.45) is 1.17. The van der Waals surface area contributed by atoms with Crippen molar-refractivity contribution >= 4 is 41.5 Å². The van der Waals surface area contributed by atoms with Crippen LogP contribution in [0, 0.1) is 0 Å². The first-order chi connectivity index (χ1) is 8.47. The van der Waals surface area contributed by atoms with Crippen molar-refractivity contribution in [3.8, 4) is 0 Å². The van der Waals surface area contributed by atoms with E-state index in [2.05, 4.69) is 0 Å². The first-order valence-electron chi connectivity index (χ1n) is 5.97. The third kappa shape index (κ3) is 3.99. The number of carbonyl (C=O) groups excluding carboxylic acids is 1. The van der Waals surface area contributed by atoms with Gasteiger partial charge >= 0.3 is 0 Å². The monoisotopic (exact) mass is 322 g/mol. The fourth-order valence-corrected chi connectivity index (χ4v) is 2.79. The number of fused-ring (bicyclic) bond motifs is 1. The number of hydrogen-bond donors (Lipinski definition) is 1. The molecule has 1 aliphatic rings. The van der Waals surface area contributed by atoms with Crippen molar-refractivity contribution < 1.29 is 4.79 Å². The van der Waals surface area contributed by atoms with Crippen LogP contribution in [0.25, 0.3) is 0 Å². The first-order valence-corrected chi connectivity index (χ1v) is 6.73. The second-order valence-corrected chi connectivity index (χ2v) is 5.62. The van der Waals surface area contributed by atoms with E-state index in [0.717, 1.165) is 17.5 Å². The molecule has 0 spiro atoms. The molecule has 0 fully saturated rings. The SMILES string of the molecule is CC(N)CC(=O)N1CCc2cc(Cl)cc(Cl)c2C1.Cl. The van der Waals surface area contributed by atoms with Crippen molar-refractivity contribution in [3.05, 3.63) is 33.3 Å². The number of carbonyl (C=O) groups is 1. The zero-order valence-electron chi connectivity index (χ0n) is 10.7. The van der Waals surface area contributed by atoms with Gasteiger partial charge in [-0.15, -0.1) is 12.4 Å². The summed E-state index contributed by atoms with van der Waals surface area (Å²) in [6, 6.07) is 3.54. The number of benzene rings is 1. The Morgan fingerprint density at radius 1 is 1.47 bits per heavy atom.